The van der Waals surface area contributed by atoms with Gasteiger partial charge in [0.15, 0.2) is 0 Å². The maximum absolute atomic E-state index is 10.2. The maximum Gasteiger partial charge on any atom is 0.131 e. The lowest BCUT2D eigenvalue weighted by atomic mass is 9.95. The van der Waals surface area contributed by atoms with E-state index in [1.807, 2.05) is 13.2 Å². The van der Waals surface area contributed by atoms with Gasteiger partial charge in [-0.25, -0.2) is 0 Å². The predicted octanol–water partition coefficient (Wildman–Crippen LogP) is 2.28. The van der Waals surface area contributed by atoms with Crippen LogP contribution in [-0.2, 0) is 0 Å². The van der Waals surface area contributed by atoms with Gasteiger partial charge in [0.2, 0.25) is 0 Å². The lowest BCUT2D eigenvalue weighted by Gasteiger charge is -2.37. The Bertz CT molecular complexity index is 490. The van der Waals surface area contributed by atoms with Crippen LogP contribution >= 0.6 is 23.1 Å². The number of thiophene rings is 1. The average molecular weight is 283 g/mol. The van der Waals surface area contributed by atoms with Crippen LogP contribution in [0.25, 0.3) is 0 Å². The Balaban J connectivity index is 2.36. The van der Waals surface area contributed by atoms with Gasteiger partial charge in [0.25, 0.3) is 0 Å². The van der Waals surface area contributed by atoms with Crippen molar-refractivity contribution >= 4 is 33.8 Å². The summed E-state index contributed by atoms with van der Waals surface area (Å²) < 4.78 is 0. The van der Waals surface area contributed by atoms with E-state index in [0.717, 1.165) is 29.3 Å². The molecule has 4 nitrogen and oxygen atoms in total. The highest BCUT2D eigenvalue weighted by molar-refractivity contribution is 7.99. The fraction of sp³-hybridized carbons (Fsp3) is 0.583. The van der Waals surface area contributed by atoms with E-state index in [2.05, 4.69) is 11.0 Å². The van der Waals surface area contributed by atoms with Crippen LogP contribution in [-0.4, -0.2) is 30.1 Å². The number of β-amino-alcohol motifs (C(OH)–C–C–N with tert-alkyl or cyclic N) is 1. The molecule has 0 amide bonds. The van der Waals surface area contributed by atoms with Crippen molar-refractivity contribution in [1.82, 2.24) is 0 Å². The van der Waals surface area contributed by atoms with Gasteiger partial charge in [-0.1, -0.05) is 0 Å². The number of nitrogens with zero attached hydrogens (tertiary/aromatic N) is 2. The molecule has 0 aromatic carbocycles. The van der Waals surface area contributed by atoms with Crippen LogP contribution in [0.15, 0.2) is 4.90 Å². The molecular formula is C12H17N3OS2. The molecule has 18 heavy (non-hydrogen) atoms. The summed E-state index contributed by atoms with van der Waals surface area (Å²) in [6, 6.07) is 2.14. The molecule has 2 heterocycles. The third kappa shape index (κ3) is 2.44. The summed E-state index contributed by atoms with van der Waals surface area (Å²) in [6.07, 6.45) is 3.75. The summed E-state index contributed by atoms with van der Waals surface area (Å²) >= 11 is 2.99. The largest absolute Gasteiger partial charge is 0.396 e. The van der Waals surface area contributed by atoms with Crippen molar-refractivity contribution in [3.63, 3.8) is 0 Å². The Labute approximate surface area is 115 Å². The quantitative estimate of drug-likeness (QED) is 0.815. The molecule has 1 atom stereocenters. The molecule has 1 aliphatic heterocycles. The van der Waals surface area contributed by atoms with Crippen LogP contribution < -0.4 is 10.6 Å². The van der Waals surface area contributed by atoms with Crippen molar-refractivity contribution in [2.45, 2.75) is 30.3 Å². The van der Waals surface area contributed by atoms with Gasteiger partial charge in [-0.15, -0.1) is 23.1 Å². The third-order valence-electron chi connectivity index (χ3n) is 3.15. The van der Waals surface area contributed by atoms with Gasteiger partial charge in [0, 0.05) is 13.1 Å². The van der Waals surface area contributed by atoms with Gasteiger partial charge < -0.3 is 15.7 Å². The Morgan fingerprint density at radius 2 is 2.33 bits per heavy atom. The summed E-state index contributed by atoms with van der Waals surface area (Å²) in [5.74, 6) is 0. The van der Waals surface area contributed by atoms with E-state index in [4.69, 9.17) is 11.0 Å². The second-order valence-electron chi connectivity index (χ2n) is 4.82. The van der Waals surface area contributed by atoms with E-state index >= 15 is 0 Å². The molecule has 0 spiro atoms. The molecule has 0 aliphatic carbocycles. The second-order valence-corrected chi connectivity index (χ2v) is 6.63. The highest BCUT2D eigenvalue weighted by Crippen LogP contribution is 2.44. The van der Waals surface area contributed by atoms with Crippen molar-refractivity contribution in [1.29, 1.82) is 5.26 Å². The molecular weight excluding hydrogens is 266 g/mol. The molecule has 1 aromatic rings. The smallest absolute Gasteiger partial charge is 0.131 e. The van der Waals surface area contributed by atoms with Gasteiger partial charge in [-0.2, -0.15) is 5.26 Å². The number of nitrogen functional groups attached to an aromatic ring is 1. The first-order valence-corrected chi connectivity index (χ1v) is 7.86. The number of rotatable bonds is 2. The monoisotopic (exact) mass is 283 g/mol. The first-order valence-electron chi connectivity index (χ1n) is 5.82. The van der Waals surface area contributed by atoms with Crippen LogP contribution in [0.3, 0.4) is 0 Å². The zero-order valence-electron chi connectivity index (χ0n) is 10.6. The first-order chi connectivity index (χ1) is 8.48. The second kappa shape index (κ2) is 5.00. The zero-order chi connectivity index (χ0) is 13.3. The number of hydrogen-bond donors (Lipinski definition) is 2. The summed E-state index contributed by atoms with van der Waals surface area (Å²) in [5, 5.41) is 20.2. The third-order valence-corrected chi connectivity index (χ3v) is 5.27. The fourth-order valence-electron chi connectivity index (χ4n) is 2.30. The lowest BCUT2D eigenvalue weighted by molar-refractivity contribution is 0.0450. The summed E-state index contributed by atoms with van der Waals surface area (Å²) in [7, 11) is 0. The Morgan fingerprint density at radius 1 is 1.61 bits per heavy atom. The van der Waals surface area contributed by atoms with E-state index < -0.39 is 5.60 Å². The van der Waals surface area contributed by atoms with Crippen molar-refractivity contribution < 1.29 is 5.11 Å². The molecule has 98 valence electrons. The van der Waals surface area contributed by atoms with Gasteiger partial charge >= 0.3 is 0 Å². The van der Waals surface area contributed by atoms with E-state index in [1.165, 1.54) is 11.3 Å². The summed E-state index contributed by atoms with van der Waals surface area (Å²) in [5.41, 5.74) is 5.90. The van der Waals surface area contributed by atoms with Crippen LogP contribution in [0.4, 0.5) is 10.7 Å². The number of nitrogens with two attached hydrogens (primary N) is 1. The Morgan fingerprint density at radius 3 is 2.89 bits per heavy atom. The molecule has 6 heteroatoms. The maximum atomic E-state index is 10.2. The van der Waals surface area contributed by atoms with Gasteiger partial charge in [0.1, 0.15) is 15.9 Å². The van der Waals surface area contributed by atoms with Gasteiger partial charge in [-0.05, 0) is 26.0 Å². The molecule has 3 N–H and O–H groups in total. The summed E-state index contributed by atoms with van der Waals surface area (Å²) in [6.45, 7) is 3.38. The normalized spacial score (nSPS) is 24.0. The van der Waals surface area contributed by atoms with Crippen molar-refractivity contribution in [3.05, 3.63) is 4.88 Å². The molecule has 0 saturated carbocycles. The average Bonchev–Trinajstić information content (AvgIpc) is 2.64. The number of anilines is 2. The number of piperidine rings is 1. The van der Waals surface area contributed by atoms with Crippen LogP contribution in [0.5, 0.6) is 0 Å². The number of thioether (sulfide) groups is 1. The molecule has 1 fully saturated rings. The van der Waals surface area contributed by atoms with E-state index in [1.54, 1.807) is 11.8 Å². The minimum atomic E-state index is -0.653. The van der Waals surface area contributed by atoms with Crippen LogP contribution in [0, 0.1) is 11.3 Å². The highest BCUT2D eigenvalue weighted by atomic mass is 32.2. The van der Waals surface area contributed by atoms with E-state index in [9.17, 15) is 5.11 Å². The van der Waals surface area contributed by atoms with Crippen LogP contribution in [0.2, 0.25) is 0 Å². The Kier molecular flexibility index (Phi) is 3.76. The van der Waals surface area contributed by atoms with E-state index in [-0.39, 0.29) is 0 Å². The Hall–Kier alpha value is -0.900. The van der Waals surface area contributed by atoms with Gasteiger partial charge in [-0.3, -0.25) is 0 Å². The predicted molar refractivity (Wildman–Crippen MR) is 77.3 cm³/mol. The molecule has 1 saturated heterocycles. The molecule has 0 bridgehead atoms. The van der Waals surface area contributed by atoms with E-state index in [0.29, 0.717) is 17.1 Å². The lowest BCUT2D eigenvalue weighted by Crippen LogP contribution is -2.46. The molecule has 0 radical (unpaired) electrons. The molecule has 1 aliphatic rings. The fourth-order valence-corrected chi connectivity index (χ4v) is 4.30. The number of aliphatic hydroxyl groups is 1. The minimum Gasteiger partial charge on any atom is -0.396 e. The van der Waals surface area contributed by atoms with Crippen molar-refractivity contribution in [2.24, 2.45) is 0 Å². The van der Waals surface area contributed by atoms with Crippen molar-refractivity contribution in [3.8, 4) is 6.07 Å². The molecule has 1 aromatic heterocycles. The standard InChI is InChI=1S/C12H17N3OS2/c1-12(16)4-3-5-15(7-12)11-10(17-2)9(14)8(6-13)18-11/h16H,3-5,7,14H2,1-2H3. The topological polar surface area (TPSA) is 73.3 Å². The molecule has 1 unspecified atom stereocenters. The van der Waals surface area contributed by atoms with Crippen molar-refractivity contribution in [2.75, 3.05) is 30.0 Å². The molecule has 2 rings (SSSR count). The highest BCUT2D eigenvalue weighted by Gasteiger charge is 2.31. The number of nitriles is 1. The zero-order valence-corrected chi connectivity index (χ0v) is 12.2. The number of hydrogen-bond acceptors (Lipinski definition) is 6. The van der Waals surface area contributed by atoms with Crippen LogP contribution in [0.1, 0.15) is 24.6 Å². The SMILES string of the molecule is CSc1c(N2CCCC(C)(O)C2)sc(C#N)c1N. The van der Waals surface area contributed by atoms with Gasteiger partial charge in [0.05, 0.1) is 16.2 Å². The first kappa shape index (κ1) is 13.5. The summed E-state index contributed by atoms with van der Waals surface area (Å²) in [4.78, 5) is 3.69. The minimum absolute atomic E-state index is 0.569.